The molecular weight excluding hydrogens is 292 g/mol. The minimum absolute atomic E-state index is 0.750. The third kappa shape index (κ3) is 2.47. The van der Waals surface area contributed by atoms with E-state index in [1.807, 2.05) is 7.05 Å². The maximum atomic E-state index is 4.00. The summed E-state index contributed by atoms with van der Waals surface area (Å²) in [7, 11) is 1.90. The minimum Gasteiger partial charge on any atom is -0.310 e. The molecule has 4 nitrogen and oxygen atoms in total. The molecular formula is C13H15BrN4. The normalized spacial score (nSPS) is 15.0. The van der Waals surface area contributed by atoms with Crippen LogP contribution in [-0.2, 0) is 13.6 Å². The second-order valence-corrected chi connectivity index (χ2v) is 5.46. The summed E-state index contributed by atoms with van der Waals surface area (Å²) in [6.07, 6.45) is 2.65. The molecule has 0 atom stereocenters. The van der Waals surface area contributed by atoms with Crippen LogP contribution >= 0.6 is 15.9 Å². The Kier molecular flexibility index (Phi) is 3.18. The molecule has 1 N–H and O–H groups in total. The van der Waals surface area contributed by atoms with Crippen molar-refractivity contribution in [3.63, 3.8) is 0 Å². The van der Waals surface area contributed by atoms with Gasteiger partial charge in [0.25, 0.3) is 0 Å². The second kappa shape index (κ2) is 4.82. The van der Waals surface area contributed by atoms with Gasteiger partial charge in [-0.1, -0.05) is 29.5 Å². The molecule has 0 bridgehead atoms. The van der Waals surface area contributed by atoms with E-state index in [9.17, 15) is 0 Å². The highest BCUT2D eigenvalue weighted by molar-refractivity contribution is 9.10. The zero-order valence-corrected chi connectivity index (χ0v) is 11.8. The predicted molar refractivity (Wildman–Crippen MR) is 74.0 cm³/mol. The first-order valence-electron chi connectivity index (χ1n) is 6.12. The van der Waals surface area contributed by atoms with E-state index in [0.717, 1.165) is 28.4 Å². The summed E-state index contributed by atoms with van der Waals surface area (Å²) in [6, 6.07) is 9.30. The van der Waals surface area contributed by atoms with E-state index < -0.39 is 0 Å². The van der Waals surface area contributed by atoms with Crippen LogP contribution in [0.2, 0.25) is 0 Å². The Morgan fingerprint density at radius 1 is 1.33 bits per heavy atom. The van der Waals surface area contributed by atoms with Gasteiger partial charge in [0, 0.05) is 25.2 Å². The second-order valence-electron chi connectivity index (χ2n) is 4.70. The van der Waals surface area contributed by atoms with E-state index in [2.05, 4.69) is 55.8 Å². The molecule has 1 heterocycles. The summed E-state index contributed by atoms with van der Waals surface area (Å²) in [6.45, 7) is 0.954. The van der Waals surface area contributed by atoms with Crippen molar-refractivity contribution in [2.45, 2.75) is 25.4 Å². The van der Waals surface area contributed by atoms with E-state index in [1.165, 1.54) is 18.4 Å². The largest absolute Gasteiger partial charge is 0.310 e. The number of nitrogens with one attached hydrogen (secondary N) is 1. The van der Waals surface area contributed by atoms with Crippen molar-refractivity contribution in [2.24, 2.45) is 7.05 Å². The van der Waals surface area contributed by atoms with Crippen LogP contribution in [0.5, 0.6) is 0 Å². The molecule has 1 aliphatic carbocycles. The molecule has 0 amide bonds. The monoisotopic (exact) mass is 306 g/mol. The molecule has 0 spiro atoms. The van der Waals surface area contributed by atoms with Gasteiger partial charge >= 0.3 is 0 Å². The lowest BCUT2D eigenvalue weighted by molar-refractivity contribution is 0.688. The molecule has 0 aliphatic heterocycles. The van der Waals surface area contributed by atoms with Crippen molar-refractivity contribution in [2.75, 3.05) is 0 Å². The number of halogens is 1. The van der Waals surface area contributed by atoms with Crippen molar-refractivity contribution < 1.29 is 0 Å². The van der Waals surface area contributed by atoms with E-state index in [0.29, 0.717) is 0 Å². The molecule has 0 saturated heterocycles. The van der Waals surface area contributed by atoms with E-state index in [1.54, 1.807) is 4.68 Å². The van der Waals surface area contributed by atoms with E-state index in [-0.39, 0.29) is 0 Å². The van der Waals surface area contributed by atoms with Crippen LogP contribution in [0.3, 0.4) is 0 Å². The van der Waals surface area contributed by atoms with E-state index >= 15 is 0 Å². The SMILES string of the molecule is Cn1nnc(Br)c1-c1ccc(CNC2CC2)cc1. The summed E-state index contributed by atoms with van der Waals surface area (Å²) in [5, 5.41) is 11.5. The van der Waals surface area contributed by atoms with Crippen molar-refractivity contribution in [3.05, 3.63) is 34.4 Å². The Morgan fingerprint density at radius 3 is 2.61 bits per heavy atom. The summed E-state index contributed by atoms with van der Waals surface area (Å²) in [4.78, 5) is 0. The molecule has 1 aromatic heterocycles. The molecule has 18 heavy (non-hydrogen) atoms. The Morgan fingerprint density at radius 2 is 2.06 bits per heavy atom. The van der Waals surface area contributed by atoms with Crippen molar-refractivity contribution in [1.82, 2.24) is 20.3 Å². The summed E-state index contributed by atoms with van der Waals surface area (Å²) in [5.41, 5.74) is 3.46. The molecule has 1 saturated carbocycles. The van der Waals surface area contributed by atoms with Crippen LogP contribution < -0.4 is 5.32 Å². The van der Waals surface area contributed by atoms with Gasteiger partial charge in [-0.05, 0) is 34.3 Å². The smallest absolute Gasteiger partial charge is 0.156 e. The standard InChI is InChI=1S/C13H15BrN4/c1-18-12(13(14)16-17-18)10-4-2-9(3-5-10)8-15-11-6-7-11/h2-5,11,15H,6-8H2,1H3. The molecule has 5 heteroatoms. The van der Waals surface area contributed by atoms with Gasteiger partial charge in [-0.3, -0.25) is 0 Å². The highest BCUT2D eigenvalue weighted by atomic mass is 79.9. The number of rotatable bonds is 4. The summed E-state index contributed by atoms with van der Waals surface area (Å²) >= 11 is 3.42. The van der Waals surface area contributed by atoms with Gasteiger partial charge in [0.2, 0.25) is 0 Å². The Bertz CT molecular complexity index is 523. The molecule has 2 aromatic rings. The number of aromatic nitrogens is 3. The van der Waals surface area contributed by atoms with Crippen LogP contribution in [0.4, 0.5) is 0 Å². The Balaban J connectivity index is 1.77. The lowest BCUT2D eigenvalue weighted by atomic mass is 10.1. The fourth-order valence-corrected chi connectivity index (χ4v) is 2.52. The van der Waals surface area contributed by atoms with Gasteiger partial charge in [0.05, 0.1) is 0 Å². The summed E-state index contributed by atoms with van der Waals surface area (Å²) in [5.74, 6) is 0. The molecule has 1 aromatic carbocycles. The number of nitrogens with zero attached hydrogens (tertiary/aromatic N) is 3. The molecule has 94 valence electrons. The van der Waals surface area contributed by atoms with Crippen LogP contribution in [-0.4, -0.2) is 21.0 Å². The predicted octanol–water partition coefficient (Wildman–Crippen LogP) is 2.50. The van der Waals surface area contributed by atoms with Gasteiger partial charge < -0.3 is 5.32 Å². The fraction of sp³-hybridized carbons (Fsp3) is 0.385. The van der Waals surface area contributed by atoms with Crippen LogP contribution in [0.25, 0.3) is 11.3 Å². The molecule has 0 unspecified atom stereocenters. The number of aryl methyl sites for hydroxylation is 1. The zero-order chi connectivity index (χ0) is 12.5. The lowest BCUT2D eigenvalue weighted by Crippen LogP contribution is -2.15. The Labute approximate surface area is 115 Å². The number of benzene rings is 1. The average molecular weight is 307 g/mol. The summed E-state index contributed by atoms with van der Waals surface area (Å²) < 4.78 is 2.57. The first-order valence-corrected chi connectivity index (χ1v) is 6.91. The van der Waals surface area contributed by atoms with Crippen molar-refractivity contribution in [1.29, 1.82) is 0 Å². The fourth-order valence-electron chi connectivity index (χ4n) is 1.97. The quantitative estimate of drug-likeness (QED) is 0.944. The third-order valence-electron chi connectivity index (χ3n) is 3.19. The molecule has 3 rings (SSSR count). The third-order valence-corrected chi connectivity index (χ3v) is 3.72. The first-order chi connectivity index (χ1) is 8.74. The molecule has 1 aliphatic rings. The van der Waals surface area contributed by atoms with Crippen LogP contribution in [0.15, 0.2) is 28.9 Å². The van der Waals surface area contributed by atoms with Crippen molar-refractivity contribution in [3.8, 4) is 11.3 Å². The maximum Gasteiger partial charge on any atom is 0.156 e. The zero-order valence-electron chi connectivity index (χ0n) is 10.2. The maximum absolute atomic E-state index is 4.00. The van der Waals surface area contributed by atoms with Gasteiger partial charge in [0.1, 0.15) is 5.69 Å². The number of hydrogen-bond acceptors (Lipinski definition) is 3. The van der Waals surface area contributed by atoms with Gasteiger partial charge in [0.15, 0.2) is 4.60 Å². The van der Waals surface area contributed by atoms with Crippen LogP contribution in [0, 0.1) is 0 Å². The topological polar surface area (TPSA) is 42.7 Å². The minimum atomic E-state index is 0.750. The van der Waals surface area contributed by atoms with Gasteiger partial charge in [-0.15, -0.1) is 5.10 Å². The highest BCUT2D eigenvalue weighted by Gasteiger charge is 2.19. The number of hydrogen-bond donors (Lipinski definition) is 1. The average Bonchev–Trinajstić information content (AvgIpc) is 3.14. The Hall–Kier alpha value is -1.20. The highest BCUT2D eigenvalue weighted by Crippen LogP contribution is 2.26. The molecule has 1 fully saturated rings. The first kappa shape index (κ1) is 11.9. The lowest BCUT2D eigenvalue weighted by Gasteiger charge is -2.05. The van der Waals surface area contributed by atoms with E-state index in [4.69, 9.17) is 0 Å². The van der Waals surface area contributed by atoms with Crippen LogP contribution in [0.1, 0.15) is 18.4 Å². The van der Waals surface area contributed by atoms with Crippen molar-refractivity contribution >= 4 is 15.9 Å². The van der Waals surface area contributed by atoms with Gasteiger partial charge in [-0.2, -0.15) is 0 Å². The van der Waals surface area contributed by atoms with Gasteiger partial charge in [-0.25, -0.2) is 4.68 Å². The molecule has 0 radical (unpaired) electrons.